The van der Waals surface area contributed by atoms with Gasteiger partial charge in [0.25, 0.3) is 5.91 Å². The molecule has 4 nitrogen and oxygen atoms in total. The van der Waals surface area contributed by atoms with Crippen molar-refractivity contribution >= 4 is 46.0 Å². The molecule has 1 saturated heterocycles. The van der Waals surface area contributed by atoms with E-state index in [0.29, 0.717) is 28.2 Å². The highest BCUT2D eigenvalue weighted by Gasteiger charge is 2.33. The van der Waals surface area contributed by atoms with Crippen LogP contribution in [-0.2, 0) is 4.79 Å². The molecule has 1 fully saturated rings. The van der Waals surface area contributed by atoms with Gasteiger partial charge in [-0.3, -0.25) is 9.69 Å². The Balaban J connectivity index is 1.65. The molecule has 2 aliphatic heterocycles. The highest BCUT2D eigenvalue weighted by atomic mass is 32.2. The predicted molar refractivity (Wildman–Crippen MR) is 109 cm³/mol. The Morgan fingerprint density at radius 3 is 2.46 bits per heavy atom. The Kier molecular flexibility index (Phi) is 4.46. The molecule has 0 atom stereocenters. The van der Waals surface area contributed by atoms with Crippen molar-refractivity contribution in [2.24, 2.45) is 0 Å². The maximum atomic E-state index is 12.9. The molecular weight excluding hydrogens is 366 g/mol. The van der Waals surface area contributed by atoms with Crippen molar-refractivity contribution in [2.45, 2.75) is 13.8 Å². The summed E-state index contributed by atoms with van der Waals surface area (Å²) in [5.41, 5.74) is 3.90. The first-order valence-electron chi connectivity index (χ1n) is 8.27. The van der Waals surface area contributed by atoms with Crippen LogP contribution in [0, 0.1) is 13.8 Å². The number of aryl methyl sites for hydroxylation is 2. The predicted octanol–water partition coefficient (Wildman–Crippen LogP) is 4.48. The van der Waals surface area contributed by atoms with Crippen LogP contribution in [0.15, 0.2) is 41.3 Å². The number of carbonyl (C=O) groups excluding carboxylic acids is 1. The number of thioether (sulfide) groups is 1. The molecule has 0 aliphatic carbocycles. The smallest absolute Gasteiger partial charge is 0.270 e. The van der Waals surface area contributed by atoms with E-state index in [0.717, 1.165) is 28.1 Å². The minimum Gasteiger partial charge on any atom is -0.486 e. The molecule has 0 spiro atoms. The fourth-order valence-electron chi connectivity index (χ4n) is 3.07. The summed E-state index contributed by atoms with van der Waals surface area (Å²) < 4.78 is 11.7. The third-order valence-electron chi connectivity index (χ3n) is 4.12. The second kappa shape index (κ2) is 6.78. The fraction of sp³-hybridized carbons (Fsp3) is 0.200. The van der Waals surface area contributed by atoms with Crippen LogP contribution in [-0.4, -0.2) is 23.4 Å². The Bertz CT molecular complexity index is 932. The van der Waals surface area contributed by atoms with Gasteiger partial charge in [-0.15, -0.1) is 0 Å². The number of fused-ring (bicyclic) bond motifs is 1. The lowest BCUT2D eigenvalue weighted by atomic mass is 10.1. The van der Waals surface area contributed by atoms with Crippen molar-refractivity contribution in [2.75, 3.05) is 18.1 Å². The van der Waals surface area contributed by atoms with Crippen LogP contribution in [0.1, 0.15) is 16.7 Å². The Labute approximate surface area is 161 Å². The van der Waals surface area contributed by atoms with E-state index in [1.165, 1.54) is 11.8 Å². The second-order valence-corrected chi connectivity index (χ2v) is 7.94. The van der Waals surface area contributed by atoms with E-state index < -0.39 is 0 Å². The minimum absolute atomic E-state index is 0.0973. The molecule has 2 aromatic rings. The molecule has 2 aromatic carbocycles. The molecule has 0 bridgehead atoms. The number of ether oxygens (including phenoxy) is 2. The number of thiocarbonyl (C=S) groups is 1. The summed E-state index contributed by atoms with van der Waals surface area (Å²) in [6, 6.07) is 11.7. The van der Waals surface area contributed by atoms with Gasteiger partial charge in [0.05, 0.1) is 10.6 Å². The van der Waals surface area contributed by atoms with Crippen LogP contribution >= 0.6 is 24.0 Å². The number of anilines is 1. The second-order valence-electron chi connectivity index (χ2n) is 6.27. The van der Waals surface area contributed by atoms with Crippen molar-refractivity contribution in [1.82, 2.24) is 0 Å². The van der Waals surface area contributed by atoms with Gasteiger partial charge in [-0.2, -0.15) is 0 Å². The van der Waals surface area contributed by atoms with Crippen LogP contribution in [0.2, 0.25) is 0 Å². The number of benzene rings is 2. The molecule has 0 N–H and O–H groups in total. The van der Waals surface area contributed by atoms with Gasteiger partial charge in [0.2, 0.25) is 0 Å². The Morgan fingerprint density at radius 2 is 1.73 bits per heavy atom. The molecule has 6 heteroatoms. The standard InChI is InChI=1S/C20H17NO3S2/c1-12-7-13(2)9-15(8-12)21-19(22)18(26-20(21)25)11-14-3-4-16-17(10-14)24-6-5-23-16/h3-4,7-11H,5-6H2,1-2H3/b18-11-. The van der Waals surface area contributed by atoms with Crippen LogP contribution < -0.4 is 14.4 Å². The highest BCUT2D eigenvalue weighted by molar-refractivity contribution is 8.27. The number of nitrogens with zero attached hydrogens (tertiary/aromatic N) is 1. The molecule has 2 heterocycles. The third kappa shape index (κ3) is 3.22. The van der Waals surface area contributed by atoms with Crippen LogP contribution in [0.4, 0.5) is 5.69 Å². The van der Waals surface area contributed by atoms with E-state index in [-0.39, 0.29) is 5.91 Å². The SMILES string of the molecule is Cc1cc(C)cc(N2C(=O)/C(=C/c3ccc4c(c3)OCCO4)SC2=S)c1. The van der Waals surface area contributed by atoms with Gasteiger partial charge >= 0.3 is 0 Å². The maximum absolute atomic E-state index is 12.9. The quantitative estimate of drug-likeness (QED) is 0.565. The highest BCUT2D eigenvalue weighted by Crippen LogP contribution is 2.38. The number of amides is 1. The van der Waals surface area contributed by atoms with E-state index in [2.05, 4.69) is 6.07 Å². The van der Waals surface area contributed by atoms with Gasteiger partial charge in [-0.05, 0) is 60.9 Å². The molecule has 1 amide bonds. The molecule has 4 rings (SSSR count). The van der Waals surface area contributed by atoms with Gasteiger partial charge in [-0.1, -0.05) is 36.1 Å². The normalized spacial score (nSPS) is 17.9. The zero-order valence-corrected chi connectivity index (χ0v) is 16.1. The lowest BCUT2D eigenvalue weighted by Gasteiger charge is -2.18. The van der Waals surface area contributed by atoms with Gasteiger partial charge < -0.3 is 9.47 Å². The van der Waals surface area contributed by atoms with Gasteiger partial charge in [-0.25, -0.2) is 0 Å². The molecule has 0 unspecified atom stereocenters. The summed E-state index contributed by atoms with van der Waals surface area (Å²) in [7, 11) is 0. The average molecular weight is 383 g/mol. The number of hydrogen-bond acceptors (Lipinski definition) is 5. The summed E-state index contributed by atoms with van der Waals surface area (Å²) in [4.78, 5) is 15.1. The van der Waals surface area contributed by atoms with Gasteiger partial charge in [0.1, 0.15) is 13.2 Å². The van der Waals surface area contributed by atoms with E-state index in [9.17, 15) is 4.79 Å². The monoisotopic (exact) mass is 383 g/mol. The summed E-state index contributed by atoms with van der Waals surface area (Å²) in [5, 5.41) is 0. The summed E-state index contributed by atoms with van der Waals surface area (Å²) in [6.45, 7) is 5.12. The number of hydrogen-bond donors (Lipinski definition) is 0. The first-order chi connectivity index (χ1) is 12.5. The molecule has 2 aliphatic rings. The Morgan fingerprint density at radius 1 is 1.04 bits per heavy atom. The van der Waals surface area contributed by atoms with Crippen molar-refractivity contribution in [3.63, 3.8) is 0 Å². The summed E-state index contributed by atoms with van der Waals surface area (Å²) in [6.07, 6.45) is 1.85. The van der Waals surface area contributed by atoms with Crippen LogP contribution in [0.3, 0.4) is 0 Å². The number of carbonyl (C=O) groups is 1. The van der Waals surface area contributed by atoms with Crippen LogP contribution in [0.25, 0.3) is 6.08 Å². The first kappa shape index (κ1) is 17.1. The van der Waals surface area contributed by atoms with E-state index in [1.807, 2.05) is 50.3 Å². The van der Waals surface area contributed by atoms with Crippen molar-refractivity contribution in [3.05, 3.63) is 58.0 Å². The first-order valence-corrected chi connectivity index (χ1v) is 9.50. The molecule has 26 heavy (non-hydrogen) atoms. The molecule has 0 radical (unpaired) electrons. The summed E-state index contributed by atoms with van der Waals surface area (Å²) in [5.74, 6) is 1.34. The fourth-order valence-corrected chi connectivity index (χ4v) is 4.37. The largest absolute Gasteiger partial charge is 0.486 e. The molecule has 0 saturated carbocycles. The summed E-state index contributed by atoms with van der Waals surface area (Å²) >= 11 is 6.78. The Hall–Kier alpha value is -2.31. The minimum atomic E-state index is -0.0973. The van der Waals surface area contributed by atoms with E-state index >= 15 is 0 Å². The maximum Gasteiger partial charge on any atom is 0.270 e. The molecular formula is C20H17NO3S2. The lowest BCUT2D eigenvalue weighted by molar-refractivity contribution is -0.113. The van der Waals surface area contributed by atoms with Crippen molar-refractivity contribution in [3.8, 4) is 11.5 Å². The molecule has 0 aromatic heterocycles. The topological polar surface area (TPSA) is 38.8 Å². The lowest BCUT2D eigenvalue weighted by Crippen LogP contribution is -2.27. The van der Waals surface area contributed by atoms with Crippen LogP contribution in [0.5, 0.6) is 11.5 Å². The zero-order chi connectivity index (χ0) is 18.3. The number of rotatable bonds is 2. The average Bonchev–Trinajstić information content (AvgIpc) is 2.87. The van der Waals surface area contributed by atoms with Crippen molar-refractivity contribution in [1.29, 1.82) is 0 Å². The van der Waals surface area contributed by atoms with E-state index in [4.69, 9.17) is 21.7 Å². The van der Waals surface area contributed by atoms with E-state index in [1.54, 1.807) is 4.90 Å². The van der Waals surface area contributed by atoms with Gasteiger partial charge in [0.15, 0.2) is 15.8 Å². The third-order valence-corrected chi connectivity index (χ3v) is 5.42. The zero-order valence-electron chi connectivity index (χ0n) is 14.4. The molecule has 132 valence electrons. The van der Waals surface area contributed by atoms with Gasteiger partial charge in [0, 0.05) is 0 Å². The van der Waals surface area contributed by atoms with Crippen molar-refractivity contribution < 1.29 is 14.3 Å².